The van der Waals surface area contributed by atoms with Crippen molar-refractivity contribution in [3.8, 4) is 11.5 Å². The summed E-state index contributed by atoms with van der Waals surface area (Å²) in [7, 11) is 0. The average Bonchev–Trinajstić information content (AvgIpc) is 3.67. The molecule has 6 N–H and O–H groups in total. The van der Waals surface area contributed by atoms with Crippen molar-refractivity contribution in [2.45, 2.75) is 30.7 Å². The first-order valence-corrected chi connectivity index (χ1v) is 16.8. The number of hydrogen-bond acceptors (Lipinski definition) is 13. The quantitative estimate of drug-likeness (QED) is 0.0460. The molecular weight excluding hydrogens is 699 g/mol. The molecule has 1 aromatic heterocycles. The van der Waals surface area contributed by atoms with Gasteiger partial charge in [-0.05, 0) is 12.1 Å². The van der Waals surface area contributed by atoms with E-state index >= 15 is 0 Å². The fraction of sp³-hybridized carbons (Fsp3) is 0.379. The van der Waals surface area contributed by atoms with Crippen LogP contribution >= 0.6 is 34.7 Å². The summed E-state index contributed by atoms with van der Waals surface area (Å²) in [5.41, 5.74) is 5.93. The number of β-lactam (4-membered cyclic amide) rings is 1. The molecule has 5 rings (SSSR count). The minimum atomic E-state index is -1.52. The second-order valence-corrected chi connectivity index (χ2v) is 13.7. The number of carbonyl (C=O) groups is 5. The number of thiazole rings is 1. The Morgan fingerprint density at radius 1 is 1.19 bits per heavy atom. The number of nitrogens with zero attached hydrogens (tertiary/aromatic N) is 3. The van der Waals surface area contributed by atoms with E-state index in [4.69, 9.17) is 17.3 Å². The first kappa shape index (κ1) is 37.5. The summed E-state index contributed by atoms with van der Waals surface area (Å²) in [6, 6.07) is 1.37. The number of anilines is 1. The summed E-state index contributed by atoms with van der Waals surface area (Å²) in [5.74, 6) is -5.74. The third-order valence-electron chi connectivity index (χ3n) is 8.29. The zero-order valence-corrected chi connectivity index (χ0v) is 30.1. The van der Waals surface area contributed by atoms with E-state index in [0.29, 0.717) is 36.2 Å². The summed E-state index contributed by atoms with van der Waals surface area (Å²) in [6.45, 7) is 2.37. The molecule has 3 aliphatic rings. The van der Waals surface area contributed by atoms with Crippen molar-refractivity contribution in [3.05, 3.63) is 51.1 Å². The van der Waals surface area contributed by atoms with E-state index in [9.17, 15) is 44.4 Å². The number of amides is 3. The van der Waals surface area contributed by atoms with E-state index in [1.165, 1.54) is 23.2 Å². The number of nitrogens with two attached hydrogens (primary N) is 1. The number of aliphatic carboxylic acids is 2. The summed E-state index contributed by atoms with van der Waals surface area (Å²) < 4.78 is 0.456. The summed E-state index contributed by atoms with van der Waals surface area (Å²) >= 11 is 8.35. The molecule has 19 heteroatoms. The van der Waals surface area contributed by atoms with Crippen LogP contribution in [0.5, 0.6) is 11.5 Å². The van der Waals surface area contributed by atoms with Gasteiger partial charge in [0.25, 0.3) is 17.7 Å². The van der Waals surface area contributed by atoms with E-state index in [1.54, 1.807) is 0 Å². The van der Waals surface area contributed by atoms with Gasteiger partial charge < -0.3 is 50.9 Å². The molecule has 3 amide bonds. The summed E-state index contributed by atoms with van der Waals surface area (Å²) in [6.07, 6.45) is 2.29. The predicted octanol–water partition coefficient (Wildman–Crippen LogP) is -4.24. The van der Waals surface area contributed by atoms with Gasteiger partial charge in [0.05, 0.1) is 59.7 Å². The zero-order valence-electron chi connectivity index (χ0n) is 25.7. The van der Waals surface area contributed by atoms with Crippen molar-refractivity contribution in [1.82, 2.24) is 20.5 Å². The Kier molecular flexibility index (Phi) is 12.1. The van der Waals surface area contributed by atoms with Crippen LogP contribution in [0.1, 0.15) is 35.3 Å². The van der Waals surface area contributed by atoms with Crippen LogP contribution in [0.25, 0.3) is 5.57 Å². The average molecular weight is 729 g/mol. The minimum absolute atomic E-state index is 0. The van der Waals surface area contributed by atoms with E-state index < -0.39 is 59.0 Å². The van der Waals surface area contributed by atoms with Crippen molar-refractivity contribution in [2.75, 3.05) is 44.2 Å². The number of carboxylic acids is 2. The molecule has 48 heavy (non-hydrogen) atoms. The third kappa shape index (κ3) is 7.77. The number of aromatic nitrogens is 1. The number of aromatic hydroxyl groups is 2. The van der Waals surface area contributed by atoms with Gasteiger partial charge in [0.15, 0.2) is 16.6 Å². The third-order valence-corrected chi connectivity index (χ3v) is 10.7. The van der Waals surface area contributed by atoms with Crippen LogP contribution < -0.4 is 56.1 Å². The van der Waals surface area contributed by atoms with Gasteiger partial charge in [0, 0.05) is 41.9 Å². The first-order chi connectivity index (χ1) is 22.3. The molecule has 0 aliphatic carbocycles. The van der Waals surface area contributed by atoms with Gasteiger partial charge in [-0.2, -0.15) is 0 Å². The Labute approximate surface area is 309 Å². The molecule has 2 saturated heterocycles. The zero-order chi connectivity index (χ0) is 34.0. The molecule has 1 aromatic carbocycles. The Morgan fingerprint density at radius 3 is 2.52 bits per heavy atom. The van der Waals surface area contributed by atoms with E-state index in [1.807, 2.05) is 0 Å². The minimum Gasteiger partial charge on any atom is -0.550 e. The molecule has 0 radical (unpaired) electrons. The molecule has 4 heterocycles. The second kappa shape index (κ2) is 15.5. The number of thioether (sulfide) groups is 1. The Balaban J connectivity index is 0.00000520. The van der Waals surface area contributed by atoms with E-state index in [0.717, 1.165) is 41.2 Å². The van der Waals surface area contributed by atoms with Crippen LogP contribution in [-0.4, -0.2) is 104 Å². The number of nitrogen functional groups attached to an aromatic ring is 1. The number of benzene rings is 1. The Morgan fingerprint density at radius 2 is 1.90 bits per heavy atom. The van der Waals surface area contributed by atoms with Crippen LogP contribution in [0.4, 0.5) is 5.13 Å². The number of hydrogen-bond donors (Lipinski definition) is 5. The van der Waals surface area contributed by atoms with Gasteiger partial charge in [-0.15, -0.1) is 23.1 Å². The maximum Gasteiger partial charge on any atom is 1.00 e. The standard InChI is InChI=1S/C29H31ClN6O9S2.Na/c30-20-16(3-5-18(37)23(20)40)24(41)32-7-10-36(8-1-2-9-36)11-14-12-46-27-21(26(43)35(27)22(14)28(44)45)34-25(42)15(4-6-19(38)39)17-13-47-29(31)33-17;/h3-5,13,21,27H,1-2,6-12H2,(H7-,31,32,33,34,37,38,39,40,41,42,44,45);/q;+1/p-1/b15-4-;/t21-,27-;/m1./s1. The number of fused-ring (bicyclic) bond motifs is 1. The largest absolute Gasteiger partial charge is 1.00 e. The van der Waals surface area contributed by atoms with Gasteiger partial charge in [-0.25, -0.2) is 4.98 Å². The normalized spacial score (nSPS) is 20.0. The smallest absolute Gasteiger partial charge is 0.550 e. The van der Waals surface area contributed by atoms with Crippen LogP contribution in [0.2, 0.25) is 5.02 Å². The number of likely N-dealkylation sites (tertiary alicyclic amines) is 1. The molecule has 0 unspecified atom stereocenters. The molecule has 2 aromatic rings. The summed E-state index contributed by atoms with van der Waals surface area (Å²) in [4.78, 5) is 67.9. The molecule has 3 aliphatic heterocycles. The molecular formula is C29H30ClN6NaO9S2. The van der Waals surface area contributed by atoms with Crippen molar-refractivity contribution < 1.29 is 78.4 Å². The van der Waals surface area contributed by atoms with Crippen molar-refractivity contribution in [3.63, 3.8) is 0 Å². The number of halogens is 1. The van der Waals surface area contributed by atoms with Gasteiger partial charge in [-0.1, -0.05) is 17.7 Å². The number of carboxylic acid groups (broad SMARTS) is 2. The number of carbonyl (C=O) groups excluding carboxylic acids is 5. The number of rotatable bonds is 12. The van der Waals surface area contributed by atoms with E-state index in [-0.39, 0.29) is 74.5 Å². The maximum absolute atomic E-state index is 13.3. The Bertz CT molecular complexity index is 1710. The number of nitrogens with one attached hydrogen (secondary N) is 2. The van der Waals surface area contributed by atoms with Crippen molar-refractivity contribution in [2.24, 2.45) is 0 Å². The van der Waals surface area contributed by atoms with Crippen LogP contribution in [0.15, 0.2) is 34.9 Å². The molecule has 0 saturated carbocycles. The van der Waals surface area contributed by atoms with Crippen LogP contribution in [-0.2, 0) is 19.2 Å². The molecule has 0 spiro atoms. The topological polar surface area (TPSA) is 238 Å². The van der Waals surface area contributed by atoms with Gasteiger partial charge in [-0.3, -0.25) is 19.3 Å². The van der Waals surface area contributed by atoms with Gasteiger partial charge in [0.2, 0.25) is 0 Å². The maximum atomic E-state index is 13.3. The van der Waals surface area contributed by atoms with Crippen LogP contribution in [0.3, 0.4) is 0 Å². The molecule has 2 atom stereocenters. The molecule has 0 bridgehead atoms. The van der Waals surface area contributed by atoms with Crippen molar-refractivity contribution >= 4 is 75.1 Å². The Hall–Kier alpha value is -3.32. The van der Waals surface area contributed by atoms with Gasteiger partial charge in [0.1, 0.15) is 18.0 Å². The molecule has 2 fully saturated rings. The fourth-order valence-corrected chi connectivity index (χ4v) is 8.17. The van der Waals surface area contributed by atoms with E-state index in [2.05, 4.69) is 15.6 Å². The fourth-order valence-electron chi connectivity index (χ4n) is 6.03. The van der Waals surface area contributed by atoms with Crippen molar-refractivity contribution in [1.29, 1.82) is 0 Å². The first-order valence-electron chi connectivity index (χ1n) is 14.5. The van der Waals surface area contributed by atoms with Gasteiger partial charge >= 0.3 is 29.6 Å². The predicted molar refractivity (Wildman–Crippen MR) is 167 cm³/mol. The second-order valence-electron chi connectivity index (χ2n) is 11.3. The summed E-state index contributed by atoms with van der Waals surface area (Å²) in [5, 5.41) is 48.9. The van der Waals surface area contributed by atoms with Crippen LogP contribution in [0, 0.1) is 0 Å². The number of quaternary nitrogens is 1. The molecule has 250 valence electrons. The number of phenolic OH excluding ortho intramolecular Hbond substituents is 2. The SMILES string of the molecule is Nc1nc(/C(=C/CC(=O)[O-])C(=O)N[C@@H]2C(=O)N3C(C(=O)[O-])=C(C[N+]4(CCNC(=O)c5ccc(O)c(O)c5Cl)CCCC4)CS[C@H]23)cs1.[Na+]. The monoisotopic (exact) mass is 728 g/mol. The molecule has 15 nitrogen and oxygen atoms in total. The number of phenols is 2.